The van der Waals surface area contributed by atoms with Gasteiger partial charge in [-0.3, -0.25) is 9.59 Å². The Morgan fingerprint density at radius 1 is 1.36 bits per heavy atom. The van der Waals surface area contributed by atoms with Gasteiger partial charge >= 0.3 is 0 Å². The van der Waals surface area contributed by atoms with E-state index in [1.165, 1.54) is 0 Å². The first kappa shape index (κ1) is 20.7. The molecule has 1 aliphatic heterocycles. The summed E-state index contributed by atoms with van der Waals surface area (Å²) in [6, 6.07) is 6.18. The molecule has 0 bridgehead atoms. The number of primary amides is 1. The van der Waals surface area contributed by atoms with Crippen LogP contribution in [-0.2, 0) is 11.3 Å². The fourth-order valence-electron chi connectivity index (χ4n) is 2.61. The number of hydrogen-bond donors (Lipinski definition) is 3. The lowest BCUT2D eigenvalue weighted by atomic mass is 10.1. The Morgan fingerprint density at radius 2 is 2.04 bits per heavy atom. The second-order valence-electron chi connectivity index (χ2n) is 5.80. The summed E-state index contributed by atoms with van der Waals surface area (Å²) in [5, 5.41) is 9.57. The SMILES string of the molecule is CC(CCN=O)NCc1cc(N2CCNCC2)ccc1C=O.NC=O. The normalized spacial score (nSPS) is 14.8. The van der Waals surface area contributed by atoms with Crippen LogP contribution in [0.2, 0.25) is 0 Å². The number of nitrogens with one attached hydrogen (secondary N) is 2. The largest absolute Gasteiger partial charge is 0.372 e. The van der Waals surface area contributed by atoms with Gasteiger partial charge in [0.1, 0.15) is 6.29 Å². The molecule has 1 aliphatic rings. The first-order valence-electron chi connectivity index (χ1n) is 8.37. The molecule has 1 unspecified atom stereocenters. The zero-order valence-corrected chi connectivity index (χ0v) is 14.6. The number of nitrogens with zero attached hydrogens (tertiary/aromatic N) is 2. The maximum absolute atomic E-state index is 11.2. The third-order valence-electron chi connectivity index (χ3n) is 4.03. The number of piperazine rings is 1. The molecule has 0 aliphatic carbocycles. The summed E-state index contributed by atoms with van der Waals surface area (Å²) in [7, 11) is 0. The summed E-state index contributed by atoms with van der Waals surface area (Å²) < 4.78 is 0. The van der Waals surface area contributed by atoms with E-state index < -0.39 is 0 Å². The van der Waals surface area contributed by atoms with Gasteiger partial charge in [0, 0.05) is 50.0 Å². The molecule has 1 saturated heterocycles. The van der Waals surface area contributed by atoms with Crippen molar-refractivity contribution >= 4 is 18.4 Å². The van der Waals surface area contributed by atoms with E-state index in [0.29, 0.717) is 25.1 Å². The van der Waals surface area contributed by atoms with Crippen molar-refractivity contribution in [2.24, 2.45) is 10.9 Å². The third-order valence-corrected chi connectivity index (χ3v) is 4.03. The van der Waals surface area contributed by atoms with Gasteiger partial charge in [-0.2, -0.15) is 4.91 Å². The lowest BCUT2D eigenvalue weighted by molar-refractivity contribution is -0.106. The van der Waals surface area contributed by atoms with Gasteiger partial charge in [-0.1, -0.05) is 5.18 Å². The van der Waals surface area contributed by atoms with Crippen LogP contribution < -0.4 is 21.3 Å². The van der Waals surface area contributed by atoms with E-state index in [-0.39, 0.29) is 12.5 Å². The van der Waals surface area contributed by atoms with Crippen LogP contribution in [0.3, 0.4) is 0 Å². The first-order chi connectivity index (χ1) is 12.2. The first-order valence-corrected chi connectivity index (χ1v) is 8.37. The van der Waals surface area contributed by atoms with Crippen molar-refractivity contribution < 1.29 is 9.59 Å². The second kappa shape index (κ2) is 12.1. The molecule has 8 heteroatoms. The van der Waals surface area contributed by atoms with Crippen molar-refractivity contribution in [2.75, 3.05) is 37.6 Å². The Hall–Kier alpha value is -2.32. The number of hydrogen-bond acceptors (Lipinski definition) is 7. The van der Waals surface area contributed by atoms with Crippen LogP contribution in [0.4, 0.5) is 5.69 Å². The topological polar surface area (TPSA) is 117 Å². The molecule has 1 aromatic carbocycles. The number of aldehydes is 1. The lowest BCUT2D eigenvalue weighted by Gasteiger charge is -2.30. The molecule has 0 radical (unpaired) electrons. The van der Waals surface area contributed by atoms with Crippen LogP contribution in [0, 0.1) is 4.91 Å². The van der Waals surface area contributed by atoms with Gasteiger partial charge in [0.25, 0.3) is 0 Å². The number of rotatable bonds is 8. The average Bonchev–Trinajstić information content (AvgIpc) is 2.65. The second-order valence-corrected chi connectivity index (χ2v) is 5.80. The number of carbonyl (C=O) groups is 2. The smallest absolute Gasteiger partial charge is 0.204 e. The van der Waals surface area contributed by atoms with Gasteiger partial charge < -0.3 is 21.3 Å². The maximum atomic E-state index is 11.2. The Kier molecular flexibility index (Phi) is 10.0. The monoisotopic (exact) mass is 349 g/mol. The number of nitroso groups, excluding NO2 is 1. The van der Waals surface area contributed by atoms with E-state index >= 15 is 0 Å². The minimum atomic E-state index is 0.194. The summed E-state index contributed by atoms with van der Waals surface area (Å²) in [5.41, 5.74) is 7.04. The lowest BCUT2D eigenvalue weighted by Crippen LogP contribution is -2.43. The number of carbonyl (C=O) groups excluding carboxylic acids is 2. The fraction of sp³-hybridized carbons (Fsp3) is 0.529. The predicted octanol–water partition coefficient (Wildman–Crippen LogP) is 0.645. The van der Waals surface area contributed by atoms with Crippen LogP contribution in [0.15, 0.2) is 23.4 Å². The van der Waals surface area contributed by atoms with Crippen molar-refractivity contribution in [1.82, 2.24) is 10.6 Å². The molecule has 1 atom stereocenters. The van der Waals surface area contributed by atoms with Gasteiger partial charge in [-0.25, -0.2) is 0 Å². The van der Waals surface area contributed by atoms with Crippen LogP contribution in [-0.4, -0.2) is 51.5 Å². The summed E-state index contributed by atoms with van der Waals surface area (Å²) in [6.07, 6.45) is 1.85. The highest BCUT2D eigenvalue weighted by Gasteiger charge is 2.13. The maximum Gasteiger partial charge on any atom is 0.204 e. The molecule has 0 spiro atoms. The van der Waals surface area contributed by atoms with E-state index in [0.717, 1.165) is 43.7 Å². The van der Waals surface area contributed by atoms with Crippen LogP contribution in [0.5, 0.6) is 0 Å². The highest BCUT2D eigenvalue weighted by molar-refractivity contribution is 5.78. The Bertz CT molecular complexity index is 547. The molecule has 0 saturated carbocycles. The molecule has 1 aromatic rings. The molecule has 25 heavy (non-hydrogen) atoms. The van der Waals surface area contributed by atoms with E-state index in [4.69, 9.17) is 4.79 Å². The third kappa shape index (κ3) is 7.40. The van der Waals surface area contributed by atoms with Gasteiger partial charge in [-0.05, 0) is 37.1 Å². The van der Waals surface area contributed by atoms with Crippen LogP contribution in [0.25, 0.3) is 0 Å². The van der Waals surface area contributed by atoms with Crippen LogP contribution >= 0.6 is 0 Å². The minimum Gasteiger partial charge on any atom is -0.372 e. The molecule has 4 N–H and O–H groups in total. The van der Waals surface area contributed by atoms with Gasteiger partial charge in [-0.15, -0.1) is 0 Å². The minimum absolute atomic E-state index is 0.194. The average molecular weight is 349 g/mol. The molecular formula is C17H27N5O3. The number of amides is 1. The Labute approximate surface area is 148 Å². The van der Waals surface area contributed by atoms with Crippen LogP contribution in [0.1, 0.15) is 29.3 Å². The quantitative estimate of drug-likeness (QED) is 0.468. The van der Waals surface area contributed by atoms with E-state index in [1.54, 1.807) is 0 Å². The summed E-state index contributed by atoms with van der Waals surface area (Å²) in [6.45, 7) is 6.89. The fourth-order valence-corrected chi connectivity index (χ4v) is 2.61. The molecule has 1 amide bonds. The molecule has 1 heterocycles. The van der Waals surface area contributed by atoms with E-state index in [9.17, 15) is 9.70 Å². The van der Waals surface area contributed by atoms with Crippen molar-refractivity contribution in [1.29, 1.82) is 0 Å². The number of benzene rings is 1. The van der Waals surface area contributed by atoms with Gasteiger partial charge in [0.05, 0.1) is 6.54 Å². The van der Waals surface area contributed by atoms with Gasteiger partial charge in [0.15, 0.2) is 0 Å². The predicted molar refractivity (Wildman–Crippen MR) is 98.7 cm³/mol. The summed E-state index contributed by atoms with van der Waals surface area (Å²) >= 11 is 0. The van der Waals surface area contributed by atoms with Crippen molar-refractivity contribution in [2.45, 2.75) is 25.9 Å². The van der Waals surface area contributed by atoms with Crippen molar-refractivity contribution in [3.05, 3.63) is 34.2 Å². The molecule has 1 fully saturated rings. The Morgan fingerprint density at radius 3 is 2.64 bits per heavy atom. The Balaban J connectivity index is 0.000000970. The molecule has 0 aromatic heterocycles. The highest BCUT2D eigenvalue weighted by atomic mass is 16.3. The molecular weight excluding hydrogens is 322 g/mol. The summed E-state index contributed by atoms with van der Waals surface area (Å²) in [4.78, 5) is 32.3. The standard InChI is InChI=1S/C16H24N4O2.CH3NO/c1-13(4-5-19-22)18-11-15-10-16(3-2-14(15)12-21)20-8-6-17-7-9-20;2-1-3/h2-3,10,12-13,17-18H,4-9,11H2,1H3;1H,(H2,2,3). The zero-order chi connectivity index (χ0) is 18.5. The molecule has 2 rings (SSSR count). The molecule has 8 nitrogen and oxygen atoms in total. The van der Waals surface area contributed by atoms with E-state index in [1.807, 2.05) is 19.1 Å². The number of anilines is 1. The summed E-state index contributed by atoms with van der Waals surface area (Å²) in [5.74, 6) is 0. The highest BCUT2D eigenvalue weighted by Crippen LogP contribution is 2.19. The zero-order valence-electron chi connectivity index (χ0n) is 14.6. The van der Waals surface area contributed by atoms with Gasteiger partial charge in [0.2, 0.25) is 6.41 Å². The number of nitrogens with two attached hydrogens (primary N) is 1. The van der Waals surface area contributed by atoms with Crippen molar-refractivity contribution in [3.63, 3.8) is 0 Å². The van der Waals surface area contributed by atoms with E-state index in [2.05, 4.69) is 32.5 Å². The van der Waals surface area contributed by atoms with Crippen molar-refractivity contribution in [3.8, 4) is 0 Å². The molecule has 138 valence electrons.